The lowest BCUT2D eigenvalue weighted by Crippen LogP contribution is -2.13. The van der Waals surface area contributed by atoms with Crippen LogP contribution in [-0.2, 0) is 0 Å². The number of phenolic OH excluding ortho intramolecular Hbond substituents is 8. The van der Waals surface area contributed by atoms with E-state index in [-0.39, 0.29) is 44.5 Å². The van der Waals surface area contributed by atoms with E-state index < -0.39 is 69.7 Å². The molecule has 0 heterocycles. The first-order chi connectivity index (χ1) is 32.8. The summed E-state index contributed by atoms with van der Waals surface area (Å²) in [4.78, 5) is 47.4. The van der Waals surface area contributed by atoms with E-state index in [9.17, 15) is 60.0 Å². The lowest BCUT2D eigenvalue weighted by molar-refractivity contribution is 0.111. The zero-order valence-corrected chi connectivity index (χ0v) is 35.7. The van der Waals surface area contributed by atoms with E-state index in [1.165, 1.54) is 24.3 Å². The maximum Gasteiger partial charge on any atom is 0.150 e. The Kier molecular flexibility index (Phi) is 11.4. The Morgan fingerprint density at radius 2 is 0.382 bits per heavy atom. The van der Waals surface area contributed by atoms with Gasteiger partial charge in [-0.15, -0.1) is 0 Å². The van der Waals surface area contributed by atoms with Crippen LogP contribution >= 0.6 is 0 Å². The molecule has 9 rings (SSSR count). The van der Waals surface area contributed by atoms with Crippen molar-refractivity contribution < 1.29 is 60.0 Å². The first-order valence-corrected chi connectivity index (χ1v) is 21.3. The fourth-order valence-corrected chi connectivity index (χ4v) is 9.47. The maximum atomic E-state index is 12.0. The second kappa shape index (κ2) is 17.7. The lowest BCUT2D eigenvalue weighted by Gasteiger charge is -2.29. The SMILES string of the molecule is O=Cc1ccc(C2c3cc(c(O)cc3O)C(c3ccc(C=O)cc3)c3cc(c(O)cc3O)C(c3ccc(C=O)cc3)c3cc(c(O)cc3O)C(c3ccc(C=O)cc3)c3cc2c(O)cc3O)cc1. The smallest absolute Gasteiger partial charge is 0.150 e. The van der Waals surface area contributed by atoms with E-state index in [1.54, 1.807) is 97.1 Å². The average molecular weight is 905 g/mol. The van der Waals surface area contributed by atoms with Gasteiger partial charge in [-0.25, -0.2) is 0 Å². The minimum atomic E-state index is -1.13. The number of aldehydes is 4. The third kappa shape index (κ3) is 7.79. The van der Waals surface area contributed by atoms with Gasteiger partial charge in [0.2, 0.25) is 0 Å². The van der Waals surface area contributed by atoms with E-state index in [0.29, 0.717) is 69.7 Å². The molecule has 0 aromatic heterocycles. The third-order valence-corrected chi connectivity index (χ3v) is 12.8. The van der Waals surface area contributed by atoms with Crippen LogP contribution < -0.4 is 0 Å². The molecule has 0 radical (unpaired) electrons. The molecule has 0 saturated heterocycles. The van der Waals surface area contributed by atoms with Crippen molar-refractivity contribution in [1.82, 2.24) is 0 Å². The molecule has 0 aliphatic heterocycles. The Bertz CT molecular complexity index is 2740. The maximum absolute atomic E-state index is 12.0. The highest BCUT2D eigenvalue weighted by Gasteiger charge is 2.35. The molecule has 8 aromatic carbocycles. The largest absolute Gasteiger partial charge is 0.507 e. The Hall–Kier alpha value is -9.16. The molecule has 0 atom stereocenters. The Labute approximate surface area is 388 Å². The van der Waals surface area contributed by atoms with Gasteiger partial charge in [-0.3, -0.25) is 19.2 Å². The molecule has 0 saturated carbocycles. The number of aromatic hydroxyl groups is 8. The second-order valence-corrected chi connectivity index (χ2v) is 16.7. The summed E-state index contributed by atoms with van der Waals surface area (Å²) in [6.45, 7) is 0. The monoisotopic (exact) mass is 904 g/mol. The van der Waals surface area contributed by atoms with Crippen LogP contribution in [0.25, 0.3) is 0 Å². The van der Waals surface area contributed by atoms with Crippen molar-refractivity contribution in [3.8, 4) is 46.0 Å². The lowest BCUT2D eigenvalue weighted by atomic mass is 9.75. The normalized spacial score (nSPS) is 16.4. The van der Waals surface area contributed by atoms with Gasteiger partial charge in [0.25, 0.3) is 0 Å². The van der Waals surface area contributed by atoms with Crippen LogP contribution in [0.4, 0.5) is 0 Å². The number of rotatable bonds is 8. The Morgan fingerprint density at radius 1 is 0.235 bits per heavy atom. The molecule has 8 bridgehead atoms. The van der Waals surface area contributed by atoms with Gasteiger partial charge in [-0.2, -0.15) is 0 Å². The summed E-state index contributed by atoms with van der Waals surface area (Å²) in [7, 11) is 0. The molecule has 8 N–H and O–H groups in total. The van der Waals surface area contributed by atoms with E-state index in [1.807, 2.05) is 0 Å². The van der Waals surface area contributed by atoms with Gasteiger partial charge in [-0.05, 0) is 46.5 Å². The topological polar surface area (TPSA) is 230 Å². The highest BCUT2D eigenvalue weighted by Crippen LogP contribution is 2.53. The minimum absolute atomic E-state index is 0.110. The first-order valence-electron chi connectivity index (χ1n) is 21.3. The first kappa shape index (κ1) is 44.1. The van der Waals surface area contributed by atoms with Crippen molar-refractivity contribution in [3.63, 3.8) is 0 Å². The van der Waals surface area contributed by atoms with E-state index in [0.717, 1.165) is 24.3 Å². The average Bonchev–Trinajstić information content (AvgIpc) is 3.34. The third-order valence-electron chi connectivity index (χ3n) is 12.8. The standard InChI is InChI=1S/C56H40O12/c57-25-29-1-9-33(10-2-29)53-37-17-39(47(63)21-45(37)61)54(34-11-3-30(26-58)4-12-34)41-19-43(51(67)23-49(41)65)56(36-15-7-32(28-60)8-16-36)44-20-42(50(66)24-52(44)68)55(35-13-5-31(27-59)6-14-35)40-18-38(53)46(62)22-48(40)64/h1-28,53-56,61-68H. The summed E-state index contributed by atoms with van der Waals surface area (Å²) in [6.07, 6.45) is 2.60. The number of benzene rings is 8. The molecule has 12 nitrogen and oxygen atoms in total. The van der Waals surface area contributed by atoms with Crippen molar-refractivity contribution in [2.75, 3.05) is 0 Å². The summed E-state index contributed by atoms with van der Waals surface area (Å²) >= 11 is 0. The van der Waals surface area contributed by atoms with E-state index >= 15 is 0 Å². The number of fused-ring (bicyclic) bond motifs is 8. The van der Waals surface area contributed by atoms with Crippen LogP contribution in [0, 0.1) is 0 Å². The number of carbonyl (C=O) groups is 4. The highest BCUT2D eigenvalue weighted by atomic mass is 16.3. The van der Waals surface area contributed by atoms with Gasteiger partial charge in [0.1, 0.15) is 71.1 Å². The van der Waals surface area contributed by atoms with Gasteiger partial charge >= 0.3 is 0 Å². The summed E-state index contributed by atoms with van der Waals surface area (Å²) in [5.74, 6) is -8.00. The molecule has 1 aliphatic carbocycles. The van der Waals surface area contributed by atoms with Crippen molar-refractivity contribution in [1.29, 1.82) is 0 Å². The predicted molar refractivity (Wildman–Crippen MR) is 250 cm³/mol. The number of phenols is 8. The molecule has 0 fully saturated rings. The zero-order valence-electron chi connectivity index (χ0n) is 35.7. The fourth-order valence-electron chi connectivity index (χ4n) is 9.47. The van der Waals surface area contributed by atoms with Crippen molar-refractivity contribution in [2.45, 2.75) is 23.7 Å². The zero-order chi connectivity index (χ0) is 48.0. The van der Waals surface area contributed by atoms with Gasteiger partial charge in [0.15, 0.2) is 0 Å². The number of hydrogen-bond donors (Lipinski definition) is 8. The molecular weight excluding hydrogens is 865 g/mol. The predicted octanol–water partition coefficient (Wildman–Crippen LogP) is 9.62. The summed E-state index contributed by atoms with van der Waals surface area (Å²) in [6, 6.07) is 35.7. The molecule has 1 aliphatic rings. The summed E-state index contributed by atoms with van der Waals surface area (Å²) in [5, 5.41) is 95.7. The van der Waals surface area contributed by atoms with Crippen LogP contribution in [0.15, 0.2) is 146 Å². The van der Waals surface area contributed by atoms with Crippen LogP contribution in [0.5, 0.6) is 46.0 Å². The second-order valence-electron chi connectivity index (χ2n) is 16.7. The van der Waals surface area contributed by atoms with E-state index in [2.05, 4.69) is 0 Å². The van der Waals surface area contributed by atoms with Gasteiger partial charge < -0.3 is 40.9 Å². The van der Waals surface area contributed by atoms with Gasteiger partial charge in [-0.1, -0.05) is 97.1 Å². The number of carbonyl (C=O) groups excluding carboxylic acids is 4. The van der Waals surface area contributed by atoms with Crippen LogP contribution in [0.2, 0.25) is 0 Å². The highest BCUT2D eigenvalue weighted by molar-refractivity contribution is 5.77. The molecular formula is C56H40O12. The van der Waals surface area contributed by atoms with Crippen molar-refractivity contribution >= 4 is 25.1 Å². The van der Waals surface area contributed by atoms with Crippen LogP contribution in [-0.4, -0.2) is 66.0 Å². The minimum Gasteiger partial charge on any atom is -0.507 e. The molecule has 0 unspecified atom stereocenters. The molecule has 68 heavy (non-hydrogen) atoms. The Morgan fingerprint density at radius 3 is 0.515 bits per heavy atom. The van der Waals surface area contributed by atoms with Gasteiger partial charge in [0, 0.05) is 115 Å². The summed E-state index contributed by atoms with van der Waals surface area (Å²) < 4.78 is 0. The molecule has 336 valence electrons. The van der Waals surface area contributed by atoms with E-state index in [4.69, 9.17) is 0 Å². The molecule has 8 aromatic rings. The van der Waals surface area contributed by atoms with Crippen molar-refractivity contribution in [3.05, 3.63) is 235 Å². The van der Waals surface area contributed by atoms with Gasteiger partial charge in [0.05, 0.1) is 0 Å². The quantitative estimate of drug-likeness (QED) is 0.0667. The number of hydrogen-bond acceptors (Lipinski definition) is 12. The van der Waals surface area contributed by atoms with Crippen LogP contribution in [0.3, 0.4) is 0 Å². The van der Waals surface area contributed by atoms with Crippen molar-refractivity contribution in [2.24, 2.45) is 0 Å². The molecule has 0 spiro atoms. The fraction of sp³-hybridized carbons (Fsp3) is 0.0714. The molecule has 12 heteroatoms. The molecule has 0 amide bonds. The summed E-state index contributed by atoms with van der Waals surface area (Å²) in [5.41, 5.74) is 3.89. The van der Waals surface area contributed by atoms with Crippen LogP contribution in [0.1, 0.15) is 132 Å². The Balaban J connectivity index is 1.47.